The molecule has 0 aromatic carbocycles. The van der Waals surface area contributed by atoms with Crippen LogP contribution in [-0.2, 0) is 14.3 Å². The quantitative estimate of drug-likeness (QED) is 0.768. The fourth-order valence-electron chi connectivity index (χ4n) is 5.27. The number of aromatic nitrogens is 2. The number of ether oxygens (including phenoxy) is 1. The molecule has 1 aromatic heterocycles. The molecule has 0 bridgehead atoms. The average molecular weight is 387 g/mol. The number of carbonyl (C=O) groups is 2. The number of nitrogens with zero attached hydrogens (tertiary/aromatic N) is 5. The van der Waals surface area contributed by atoms with Crippen LogP contribution in [0.5, 0.6) is 0 Å². The van der Waals surface area contributed by atoms with Gasteiger partial charge in [-0.2, -0.15) is 0 Å². The summed E-state index contributed by atoms with van der Waals surface area (Å²) in [6.07, 6.45) is 7.77. The van der Waals surface area contributed by atoms with E-state index in [4.69, 9.17) is 4.74 Å². The molecule has 0 aliphatic carbocycles. The number of anilines is 1. The minimum absolute atomic E-state index is 0.0372. The zero-order chi connectivity index (χ0) is 19.8. The lowest BCUT2D eigenvalue weighted by molar-refractivity contribution is -0.140. The Balaban J connectivity index is 1.43. The van der Waals surface area contributed by atoms with Crippen LogP contribution < -0.4 is 4.90 Å². The van der Waals surface area contributed by atoms with Gasteiger partial charge in [0.25, 0.3) is 0 Å². The van der Waals surface area contributed by atoms with Crippen molar-refractivity contribution in [3.8, 4) is 0 Å². The highest BCUT2D eigenvalue weighted by molar-refractivity contribution is 5.86. The van der Waals surface area contributed by atoms with E-state index in [-0.39, 0.29) is 29.4 Å². The molecule has 2 spiro atoms. The molecule has 4 rings (SSSR count). The summed E-state index contributed by atoms with van der Waals surface area (Å²) < 4.78 is 4.98. The third-order valence-corrected chi connectivity index (χ3v) is 7.01. The molecule has 3 aliphatic rings. The SMILES string of the molecule is COCC(=O)N1CCC2(CC1)CC1(CCN(c3ncccn3)CC1)C(=O)N2C. The predicted molar refractivity (Wildman–Crippen MR) is 104 cm³/mol. The highest BCUT2D eigenvalue weighted by Crippen LogP contribution is 2.52. The number of likely N-dealkylation sites (tertiary alicyclic amines) is 2. The maximum Gasteiger partial charge on any atom is 0.248 e. The van der Waals surface area contributed by atoms with Gasteiger partial charge in [-0.3, -0.25) is 9.59 Å². The van der Waals surface area contributed by atoms with Crippen LogP contribution >= 0.6 is 0 Å². The third-order valence-electron chi connectivity index (χ3n) is 7.01. The van der Waals surface area contributed by atoms with E-state index in [2.05, 4.69) is 14.9 Å². The molecule has 1 aromatic rings. The van der Waals surface area contributed by atoms with Crippen LogP contribution in [0.2, 0.25) is 0 Å². The van der Waals surface area contributed by atoms with Crippen LogP contribution in [0.25, 0.3) is 0 Å². The summed E-state index contributed by atoms with van der Waals surface area (Å²) in [6, 6.07) is 1.82. The van der Waals surface area contributed by atoms with Gasteiger partial charge in [-0.15, -0.1) is 0 Å². The van der Waals surface area contributed by atoms with Gasteiger partial charge in [0.05, 0.1) is 5.41 Å². The van der Waals surface area contributed by atoms with E-state index in [0.717, 1.165) is 51.1 Å². The van der Waals surface area contributed by atoms with Gasteiger partial charge in [-0.05, 0) is 38.2 Å². The molecule has 4 heterocycles. The van der Waals surface area contributed by atoms with Gasteiger partial charge in [0.2, 0.25) is 17.8 Å². The lowest BCUT2D eigenvalue weighted by Gasteiger charge is -2.44. The largest absolute Gasteiger partial charge is 0.375 e. The molecule has 0 unspecified atom stereocenters. The van der Waals surface area contributed by atoms with Crippen LogP contribution in [0.3, 0.4) is 0 Å². The summed E-state index contributed by atoms with van der Waals surface area (Å²) in [6.45, 7) is 3.12. The van der Waals surface area contributed by atoms with Crippen LogP contribution in [0.15, 0.2) is 18.5 Å². The standard InChI is InChI=1S/C20H29N5O3/c1-23-17(27)19(4-10-25(11-5-19)18-21-8-3-9-22-18)15-20(23)6-12-24(13-7-20)16(26)14-28-2/h3,8-9H,4-7,10-15H2,1-2H3. The maximum atomic E-state index is 13.3. The van der Waals surface area contributed by atoms with Crippen molar-refractivity contribution in [3.05, 3.63) is 18.5 Å². The Morgan fingerprint density at radius 1 is 1.11 bits per heavy atom. The van der Waals surface area contributed by atoms with Gasteiger partial charge in [0, 0.05) is 58.3 Å². The van der Waals surface area contributed by atoms with Crippen molar-refractivity contribution in [2.75, 3.05) is 51.8 Å². The molecule has 3 aliphatic heterocycles. The third kappa shape index (κ3) is 3.13. The summed E-state index contributed by atoms with van der Waals surface area (Å²) in [4.78, 5) is 40.1. The van der Waals surface area contributed by atoms with E-state index in [0.29, 0.717) is 13.1 Å². The van der Waals surface area contributed by atoms with E-state index >= 15 is 0 Å². The zero-order valence-corrected chi connectivity index (χ0v) is 16.8. The molecule has 8 heteroatoms. The summed E-state index contributed by atoms with van der Waals surface area (Å²) in [7, 11) is 3.50. The molecule has 0 N–H and O–H groups in total. The normalized spacial score (nSPS) is 23.6. The molecule has 0 saturated carbocycles. The van der Waals surface area contributed by atoms with Crippen molar-refractivity contribution < 1.29 is 14.3 Å². The monoisotopic (exact) mass is 387 g/mol. The van der Waals surface area contributed by atoms with E-state index in [1.165, 1.54) is 0 Å². The highest BCUT2D eigenvalue weighted by atomic mass is 16.5. The number of piperidine rings is 2. The Morgan fingerprint density at radius 3 is 2.36 bits per heavy atom. The minimum Gasteiger partial charge on any atom is -0.375 e. The second-order valence-corrected chi connectivity index (χ2v) is 8.40. The van der Waals surface area contributed by atoms with Gasteiger partial charge in [0.1, 0.15) is 6.61 Å². The first-order chi connectivity index (χ1) is 13.5. The van der Waals surface area contributed by atoms with Crippen LogP contribution in [0, 0.1) is 5.41 Å². The Labute approximate surface area is 165 Å². The Morgan fingerprint density at radius 2 is 1.75 bits per heavy atom. The van der Waals surface area contributed by atoms with Crippen molar-refractivity contribution in [2.45, 2.75) is 37.6 Å². The Bertz CT molecular complexity index is 725. The lowest BCUT2D eigenvalue weighted by atomic mass is 9.71. The maximum absolute atomic E-state index is 13.3. The molecule has 2 amide bonds. The second kappa shape index (κ2) is 7.31. The minimum atomic E-state index is -0.279. The first kappa shape index (κ1) is 19.1. The molecular formula is C20H29N5O3. The Hall–Kier alpha value is -2.22. The summed E-state index contributed by atoms with van der Waals surface area (Å²) in [5.41, 5.74) is -0.398. The first-order valence-electron chi connectivity index (χ1n) is 10.1. The molecule has 8 nitrogen and oxygen atoms in total. The first-order valence-corrected chi connectivity index (χ1v) is 10.1. The fraction of sp³-hybridized carbons (Fsp3) is 0.700. The van der Waals surface area contributed by atoms with Gasteiger partial charge in [0.15, 0.2) is 0 Å². The van der Waals surface area contributed by atoms with Crippen molar-refractivity contribution in [1.82, 2.24) is 19.8 Å². The van der Waals surface area contributed by atoms with Crippen LogP contribution in [0.1, 0.15) is 32.1 Å². The summed E-state index contributed by atoms with van der Waals surface area (Å²) >= 11 is 0. The highest BCUT2D eigenvalue weighted by Gasteiger charge is 2.59. The number of rotatable bonds is 3. The van der Waals surface area contributed by atoms with E-state index in [1.54, 1.807) is 19.5 Å². The predicted octanol–water partition coefficient (Wildman–Crippen LogP) is 0.933. The fourth-order valence-corrected chi connectivity index (χ4v) is 5.27. The average Bonchev–Trinajstić information content (AvgIpc) is 2.92. The molecule has 0 atom stereocenters. The number of hydrogen-bond donors (Lipinski definition) is 0. The molecular weight excluding hydrogens is 358 g/mol. The van der Waals surface area contributed by atoms with Crippen molar-refractivity contribution in [2.24, 2.45) is 5.41 Å². The van der Waals surface area contributed by atoms with Gasteiger partial charge >= 0.3 is 0 Å². The number of methoxy groups -OCH3 is 1. The smallest absolute Gasteiger partial charge is 0.248 e. The Kier molecular flexibility index (Phi) is 4.99. The van der Waals surface area contributed by atoms with Crippen LogP contribution in [-0.4, -0.2) is 84.1 Å². The van der Waals surface area contributed by atoms with Crippen molar-refractivity contribution >= 4 is 17.8 Å². The van der Waals surface area contributed by atoms with Crippen molar-refractivity contribution in [3.63, 3.8) is 0 Å². The number of hydrogen-bond acceptors (Lipinski definition) is 6. The zero-order valence-electron chi connectivity index (χ0n) is 16.8. The molecule has 3 fully saturated rings. The number of carbonyl (C=O) groups excluding carboxylic acids is 2. The van der Waals surface area contributed by atoms with Gasteiger partial charge < -0.3 is 19.4 Å². The van der Waals surface area contributed by atoms with Crippen molar-refractivity contribution in [1.29, 1.82) is 0 Å². The molecule has 3 saturated heterocycles. The molecule has 0 radical (unpaired) electrons. The van der Waals surface area contributed by atoms with E-state index in [1.807, 2.05) is 22.9 Å². The molecule has 152 valence electrons. The van der Waals surface area contributed by atoms with E-state index in [9.17, 15) is 9.59 Å². The van der Waals surface area contributed by atoms with Crippen LogP contribution in [0.4, 0.5) is 5.95 Å². The number of amides is 2. The van der Waals surface area contributed by atoms with E-state index < -0.39 is 0 Å². The summed E-state index contributed by atoms with van der Waals surface area (Å²) in [5, 5.41) is 0. The summed E-state index contributed by atoms with van der Waals surface area (Å²) in [5.74, 6) is 1.06. The van der Waals surface area contributed by atoms with Gasteiger partial charge in [-0.1, -0.05) is 0 Å². The lowest BCUT2D eigenvalue weighted by Crippen LogP contribution is -2.53. The van der Waals surface area contributed by atoms with Gasteiger partial charge in [-0.25, -0.2) is 9.97 Å². The topological polar surface area (TPSA) is 78.9 Å². The molecule has 28 heavy (non-hydrogen) atoms. The second-order valence-electron chi connectivity index (χ2n) is 8.40.